The molecular weight excluding hydrogens is 348 g/mol. The summed E-state index contributed by atoms with van der Waals surface area (Å²) in [6, 6.07) is 11.8. The molecule has 6 nitrogen and oxygen atoms in total. The number of aliphatic hydroxyl groups excluding tert-OH is 1. The lowest BCUT2D eigenvalue weighted by Gasteiger charge is -2.27. The number of carbonyl (C=O) groups is 1. The summed E-state index contributed by atoms with van der Waals surface area (Å²) >= 11 is 1.50. The Labute approximate surface area is 155 Å². The Morgan fingerprint density at radius 3 is 2.88 bits per heavy atom. The summed E-state index contributed by atoms with van der Waals surface area (Å²) < 4.78 is 1.90. The fourth-order valence-corrected chi connectivity index (χ4v) is 3.76. The van der Waals surface area contributed by atoms with E-state index in [4.69, 9.17) is 0 Å². The molecule has 2 aromatic heterocycles. The molecule has 1 aliphatic rings. The van der Waals surface area contributed by atoms with E-state index in [0.717, 1.165) is 17.0 Å². The van der Waals surface area contributed by atoms with Crippen LogP contribution in [0.15, 0.2) is 47.3 Å². The molecule has 1 aliphatic heterocycles. The second-order valence-corrected chi connectivity index (χ2v) is 7.18. The van der Waals surface area contributed by atoms with Gasteiger partial charge in [0.25, 0.3) is 0 Å². The van der Waals surface area contributed by atoms with E-state index >= 15 is 0 Å². The highest BCUT2D eigenvalue weighted by atomic mass is 32.1. The Balaban J connectivity index is 1.42. The van der Waals surface area contributed by atoms with Gasteiger partial charge in [-0.05, 0) is 11.6 Å². The summed E-state index contributed by atoms with van der Waals surface area (Å²) in [4.78, 5) is 18.5. The molecule has 0 saturated heterocycles. The summed E-state index contributed by atoms with van der Waals surface area (Å²) in [6.45, 7) is 1.80. The van der Waals surface area contributed by atoms with Crippen LogP contribution in [-0.2, 0) is 30.7 Å². The molecular formula is C19H20N4O2S. The minimum absolute atomic E-state index is 0.0785. The van der Waals surface area contributed by atoms with Gasteiger partial charge in [-0.2, -0.15) is 5.10 Å². The number of rotatable bonds is 5. The Morgan fingerprint density at radius 2 is 2.12 bits per heavy atom. The van der Waals surface area contributed by atoms with Crippen LogP contribution >= 0.6 is 11.3 Å². The summed E-state index contributed by atoms with van der Waals surface area (Å²) in [7, 11) is 0. The molecule has 3 aromatic rings. The van der Waals surface area contributed by atoms with Gasteiger partial charge in [0.15, 0.2) is 0 Å². The fraction of sp³-hybridized carbons (Fsp3) is 0.316. The molecule has 4 rings (SSSR count). The van der Waals surface area contributed by atoms with E-state index in [0.29, 0.717) is 38.2 Å². The first-order valence-corrected chi connectivity index (χ1v) is 9.57. The van der Waals surface area contributed by atoms with E-state index in [1.54, 1.807) is 5.51 Å². The standard InChI is InChI=1S/C19H20N4O2S/c24-18(8-14-4-2-1-3-5-14)17-10-16-11-22(6-7-23(16)21-17)19(25)9-15-12-26-13-20-15/h1-5,10,12-13,18,24H,6-9,11H2. The highest BCUT2D eigenvalue weighted by Gasteiger charge is 2.24. The van der Waals surface area contributed by atoms with Crippen molar-refractivity contribution in [1.29, 1.82) is 0 Å². The van der Waals surface area contributed by atoms with E-state index in [1.807, 2.05) is 51.4 Å². The molecule has 0 spiro atoms. The smallest absolute Gasteiger partial charge is 0.229 e. The van der Waals surface area contributed by atoms with Gasteiger partial charge in [0.05, 0.1) is 42.1 Å². The minimum atomic E-state index is -0.644. The van der Waals surface area contributed by atoms with Crippen molar-refractivity contribution in [2.45, 2.75) is 32.0 Å². The van der Waals surface area contributed by atoms with Crippen LogP contribution in [0.1, 0.15) is 28.7 Å². The normalized spacial score (nSPS) is 14.9. The van der Waals surface area contributed by atoms with Gasteiger partial charge in [0.2, 0.25) is 5.91 Å². The van der Waals surface area contributed by atoms with Crippen molar-refractivity contribution in [2.24, 2.45) is 0 Å². The van der Waals surface area contributed by atoms with Gasteiger partial charge in [0.1, 0.15) is 6.10 Å². The number of carbonyl (C=O) groups excluding carboxylic acids is 1. The maximum absolute atomic E-state index is 12.5. The Kier molecular flexibility index (Phi) is 4.81. The number of benzene rings is 1. The van der Waals surface area contributed by atoms with Gasteiger partial charge < -0.3 is 10.0 Å². The van der Waals surface area contributed by atoms with Crippen molar-refractivity contribution >= 4 is 17.2 Å². The van der Waals surface area contributed by atoms with Crippen LogP contribution in [-0.4, -0.2) is 37.2 Å². The van der Waals surface area contributed by atoms with Crippen molar-refractivity contribution < 1.29 is 9.90 Å². The summed E-state index contributed by atoms with van der Waals surface area (Å²) in [6.07, 6.45) is 0.222. The molecule has 1 aromatic carbocycles. The lowest BCUT2D eigenvalue weighted by atomic mass is 10.1. The molecule has 134 valence electrons. The van der Waals surface area contributed by atoms with Crippen molar-refractivity contribution in [1.82, 2.24) is 19.7 Å². The molecule has 3 heterocycles. The molecule has 0 fully saturated rings. The molecule has 1 amide bonds. The molecule has 7 heteroatoms. The number of thiazole rings is 1. The Hall–Kier alpha value is -2.51. The second-order valence-electron chi connectivity index (χ2n) is 6.46. The van der Waals surface area contributed by atoms with Gasteiger partial charge in [0, 0.05) is 18.3 Å². The van der Waals surface area contributed by atoms with Gasteiger partial charge in [-0.3, -0.25) is 9.48 Å². The molecule has 1 unspecified atom stereocenters. The van der Waals surface area contributed by atoms with Crippen LogP contribution in [0.2, 0.25) is 0 Å². The average Bonchev–Trinajstić information content (AvgIpc) is 3.31. The third-order valence-electron chi connectivity index (χ3n) is 4.60. The highest BCUT2D eigenvalue weighted by Crippen LogP contribution is 2.21. The van der Waals surface area contributed by atoms with Crippen molar-refractivity contribution in [2.75, 3.05) is 6.54 Å². The van der Waals surface area contributed by atoms with Crippen LogP contribution < -0.4 is 0 Å². The molecule has 1 N–H and O–H groups in total. The van der Waals surface area contributed by atoms with E-state index in [-0.39, 0.29) is 5.91 Å². The summed E-state index contributed by atoms with van der Waals surface area (Å²) in [5, 5.41) is 16.9. The highest BCUT2D eigenvalue weighted by molar-refractivity contribution is 7.07. The zero-order chi connectivity index (χ0) is 17.9. The Morgan fingerprint density at radius 1 is 1.27 bits per heavy atom. The molecule has 0 aliphatic carbocycles. The monoisotopic (exact) mass is 368 g/mol. The summed E-state index contributed by atoms with van der Waals surface area (Å²) in [5.41, 5.74) is 5.26. The number of fused-ring (bicyclic) bond motifs is 1. The Bertz CT molecular complexity index is 876. The SMILES string of the molecule is O=C(Cc1cscn1)N1CCn2nc(C(O)Cc3ccccc3)cc2C1. The zero-order valence-electron chi connectivity index (χ0n) is 14.3. The van der Waals surface area contributed by atoms with E-state index < -0.39 is 6.10 Å². The summed E-state index contributed by atoms with van der Waals surface area (Å²) in [5.74, 6) is 0.0785. The number of hydrogen-bond donors (Lipinski definition) is 1. The molecule has 26 heavy (non-hydrogen) atoms. The van der Waals surface area contributed by atoms with Crippen LogP contribution in [0.25, 0.3) is 0 Å². The number of nitrogens with zero attached hydrogens (tertiary/aromatic N) is 4. The minimum Gasteiger partial charge on any atom is -0.386 e. The molecule has 0 radical (unpaired) electrons. The average molecular weight is 368 g/mol. The quantitative estimate of drug-likeness (QED) is 0.749. The van der Waals surface area contributed by atoms with Gasteiger partial charge in [-0.1, -0.05) is 30.3 Å². The first-order valence-electron chi connectivity index (χ1n) is 8.62. The van der Waals surface area contributed by atoms with Crippen LogP contribution in [0, 0.1) is 0 Å². The number of amides is 1. The fourth-order valence-electron chi connectivity index (χ4n) is 3.20. The lowest BCUT2D eigenvalue weighted by molar-refractivity contribution is -0.132. The largest absolute Gasteiger partial charge is 0.386 e. The van der Waals surface area contributed by atoms with Crippen molar-refractivity contribution in [3.63, 3.8) is 0 Å². The van der Waals surface area contributed by atoms with E-state index in [2.05, 4.69) is 10.1 Å². The van der Waals surface area contributed by atoms with Crippen LogP contribution in [0.5, 0.6) is 0 Å². The van der Waals surface area contributed by atoms with Crippen LogP contribution in [0.3, 0.4) is 0 Å². The number of aliphatic hydroxyl groups is 1. The zero-order valence-corrected chi connectivity index (χ0v) is 15.1. The third kappa shape index (κ3) is 3.68. The van der Waals surface area contributed by atoms with E-state index in [1.165, 1.54) is 11.3 Å². The topological polar surface area (TPSA) is 71.2 Å². The maximum Gasteiger partial charge on any atom is 0.229 e. The van der Waals surface area contributed by atoms with Crippen molar-refractivity contribution in [3.8, 4) is 0 Å². The predicted molar refractivity (Wildman–Crippen MR) is 98.6 cm³/mol. The van der Waals surface area contributed by atoms with Gasteiger partial charge in [-0.15, -0.1) is 11.3 Å². The molecule has 1 atom stereocenters. The van der Waals surface area contributed by atoms with Gasteiger partial charge >= 0.3 is 0 Å². The first kappa shape index (κ1) is 16.9. The second kappa shape index (κ2) is 7.39. The third-order valence-corrected chi connectivity index (χ3v) is 5.23. The number of aromatic nitrogens is 3. The lowest BCUT2D eigenvalue weighted by Crippen LogP contribution is -2.39. The number of hydrogen-bond acceptors (Lipinski definition) is 5. The molecule has 0 saturated carbocycles. The maximum atomic E-state index is 12.5. The van der Waals surface area contributed by atoms with E-state index in [9.17, 15) is 9.90 Å². The first-order chi connectivity index (χ1) is 12.7. The van der Waals surface area contributed by atoms with Crippen molar-refractivity contribution in [3.05, 3.63) is 69.9 Å². The van der Waals surface area contributed by atoms with Gasteiger partial charge in [-0.25, -0.2) is 4.98 Å². The predicted octanol–water partition coefficient (Wildman–Crippen LogP) is 2.20. The van der Waals surface area contributed by atoms with Crippen LogP contribution in [0.4, 0.5) is 0 Å². The molecule has 0 bridgehead atoms.